The predicted octanol–water partition coefficient (Wildman–Crippen LogP) is 3.95. The highest BCUT2D eigenvalue weighted by molar-refractivity contribution is 9.10. The molecule has 0 bridgehead atoms. The van der Waals surface area contributed by atoms with Crippen molar-refractivity contribution in [3.63, 3.8) is 0 Å². The first-order valence-corrected chi connectivity index (χ1v) is 10.5. The van der Waals surface area contributed by atoms with E-state index in [-0.39, 0.29) is 4.90 Å². The van der Waals surface area contributed by atoms with Crippen LogP contribution in [-0.2, 0) is 10.0 Å². The van der Waals surface area contributed by atoms with Gasteiger partial charge in [-0.15, -0.1) is 4.83 Å². The molecule has 0 aliphatic carbocycles. The van der Waals surface area contributed by atoms with Crippen molar-refractivity contribution in [2.24, 2.45) is 0 Å². The number of halogens is 7. The molecular weight excluding hydrogens is 538 g/mol. The van der Waals surface area contributed by atoms with Gasteiger partial charge in [0.25, 0.3) is 15.9 Å². The molecule has 15 heteroatoms. The van der Waals surface area contributed by atoms with Gasteiger partial charge in [-0.05, 0) is 42.5 Å². The Kier molecular flexibility index (Phi) is 8.01. The van der Waals surface area contributed by atoms with Gasteiger partial charge in [-0.2, -0.15) is 26.3 Å². The van der Waals surface area contributed by atoms with Crippen molar-refractivity contribution < 1.29 is 49.0 Å². The lowest BCUT2D eigenvalue weighted by Crippen LogP contribution is -2.41. The highest BCUT2D eigenvalue weighted by atomic mass is 79.9. The molecule has 0 aromatic heterocycles. The van der Waals surface area contributed by atoms with Gasteiger partial charge in [-0.1, -0.05) is 15.9 Å². The number of hydrogen-bond acceptors (Lipinski definition) is 5. The van der Waals surface area contributed by atoms with Gasteiger partial charge in [0, 0.05) is 4.47 Å². The summed E-state index contributed by atoms with van der Waals surface area (Å²) in [4.78, 5) is 13.9. The van der Waals surface area contributed by atoms with Gasteiger partial charge in [0.1, 0.15) is 11.5 Å². The van der Waals surface area contributed by atoms with E-state index < -0.39 is 58.6 Å². The molecule has 7 nitrogen and oxygen atoms in total. The first-order valence-electron chi connectivity index (χ1n) is 8.27. The number of carbonyl (C=O) groups excluding carboxylic acids is 1. The summed E-state index contributed by atoms with van der Waals surface area (Å²) in [7, 11) is -4.27. The topological polar surface area (TPSA) is 93.7 Å². The van der Waals surface area contributed by atoms with E-state index in [0.29, 0.717) is 10.5 Å². The fourth-order valence-electron chi connectivity index (χ4n) is 2.08. The van der Waals surface area contributed by atoms with Crippen molar-refractivity contribution in [3.05, 3.63) is 52.5 Å². The van der Waals surface area contributed by atoms with E-state index >= 15 is 0 Å². The maximum atomic E-state index is 12.5. The van der Waals surface area contributed by atoms with E-state index in [1.54, 1.807) is 10.3 Å². The third kappa shape index (κ3) is 8.20. The highest BCUT2D eigenvalue weighted by Gasteiger charge is 2.31. The number of nitrogens with one attached hydrogen (secondary N) is 2. The average Bonchev–Trinajstić information content (AvgIpc) is 2.68. The average molecular weight is 551 g/mol. The van der Waals surface area contributed by atoms with E-state index in [2.05, 4.69) is 25.4 Å². The minimum atomic E-state index is -4.78. The first-order chi connectivity index (χ1) is 14.7. The van der Waals surface area contributed by atoms with E-state index in [9.17, 15) is 39.6 Å². The molecule has 0 unspecified atom stereocenters. The van der Waals surface area contributed by atoms with Crippen molar-refractivity contribution in [1.82, 2.24) is 10.3 Å². The van der Waals surface area contributed by atoms with Crippen LogP contribution in [0.5, 0.6) is 11.5 Å². The largest absolute Gasteiger partial charge is 0.484 e. The third-order valence-electron chi connectivity index (χ3n) is 3.41. The van der Waals surface area contributed by atoms with Crippen LogP contribution in [0.3, 0.4) is 0 Å². The number of benzene rings is 2. The van der Waals surface area contributed by atoms with Crippen molar-refractivity contribution in [3.8, 4) is 11.5 Å². The Morgan fingerprint density at radius 3 is 2.03 bits per heavy atom. The van der Waals surface area contributed by atoms with Crippen LogP contribution in [0.1, 0.15) is 10.4 Å². The predicted molar refractivity (Wildman–Crippen MR) is 101 cm³/mol. The van der Waals surface area contributed by atoms with Crippen molar-refractivity contribution in [1.29, 1.82) is 0 Å². The van der Waals surface area contributed by atoms with E-state index in [0.717, 1.165) is 12.1 Å². The Balaban J connectivity index is 2.23. The molecule has 2 rings (SSSR count). The number of carbonyl (C=O) groups is 1. The number of ether oxygens (including phenoxy) is 2. The second-order valence-corrected chi connectivity index (χ2v) is 8.58. The number of hydrazine groups is 1. The first kappa shape index (κ1) is 25.7. The Labute approximate surface area is 185 Å². The molecule has 2 aromatic carbocycles. The maximum absolute atomic E-state index is 12.5. The van der Waals surface area contributed by atoms with Gasteiger partial charge in [-0.3, -0.25) is 10.2 Å². The third-order valence-corrected chi connectivity index (χ3v) is 5.20. The van der Waals surface area contributed by atoms with Crippen LogP contribution < -0.4 is 19.7 Å². The summed E-state index contributed by atoms with van der Waals surface area (Å²) in [6.45, 7) is -3.53. The molecule has 0 aliphatic heterocycles. The Hall–Kier alpha value is -2.52. The lowest BCUT2D eigenvalue weighted by atomic mass is 10.2. The zero-order chi connectivity index (χ0) is 24.2. The van der Waals surface area contributed by atoms with Crippen molar-refractivity contribution >= 4 is 31.9 Å². The molecule has 0 saturated heterocycles. The SMILES string of the molecule is O=C(NNS(=O)(=O)c1ccc(Br)cc1)c1cc(OCC(F)(F)F)ccc1OCC(F)(F)F. The molecule has 0 atom stereocenters. The number of hydrogen-bond donors (Lipinski definition) is 2. The molecule has 2 aromatic rings. The summed E-state index contributed by atoms with van der Waals surface area (Å²) in [5.41, 5.74) is 1.06. The molecular formula is C17H13BrF6N2O5S. The molecule has 0 heterocycles. The Bertz CT molecular complexity index is 1060. The van der Waals surface area contributed by atoms with Crippen LogP contribution in [0.2, 0.25) is 0 Å². The van der Waals surface area contributed by atoms with E-state index in [4.69, 9.17) is 0 Å². The normalized spacial score (nSPS) is 12.3. The molecule has 32 heavy (non-hydrogen) atoms. The summed E-state index contributed by atoms with van der Waals surface area (Å²) in [6, 6.07) is 7.53. The van der Waals surface area contributed by atoms with Gasteiger partial charge in [-0.25, -0.2) is 8.42 Å². The zero-order valence-electron chi connectivity index (χ0n) is 15.6. The number of rotatable bonds is 8. The Morgan fingerprint density at radius 1 is 0.906 bits per heavy atom. The van der Waals surface area contributed by atoms with Gasteiger partial charge in [0.05, 0.1) is 10.5 Å². The minimum absolute atomic E-state index is 0.253. The van der Waals surface area contributed by atoms with Crippen LogP contribution >= 0.6 is 15.9 Å². The van der Waals surface area contributed by atoms with Crippen molar-refractivity contribution in [2.75, 3.05) is 13.2 Å². The number of alkyl halides is 6. The number of sulfonamides is 1. The van der Waals surface area contributed by atoms with Crippen LogP contribution in [-0.4, -0.2) is 39.9 Å². The fourth-order valence-corrected chi connectivity index (χ4v) is 3.18. The summed E-state index contributed by atoms with van der Waals surface area (Å²) >= 11 is 3.11. The van der Waals surface area contributed by atoms with E-state index in [1.165, 1.54) is 24.3 Å². The molecule has 1 amide bonds. The maximum Gasteiger partial charge on any atom is 0.422 e. The summed E-state index contributed by atoms with van der Waals surface area (Å²) in [5, 5.41) is 0. The number of amides is 1. The van der Waals surface area contributed by atoms with Gasteiger partial charge >= 0.3 is 12.4 Å². The van der Waals surface area contributed by atoms with Crippen LogP contribution in [0, 0.1) is 0 Å². The Morgan fingerprint density at radius 2 is 1.47 bits per heavy atom. The summed E-state index contributed by atoms with van der Waals surface area (Å²) in [6.07, 6.45) is -9.49. The van der Waals surface area contributed by atoms with Gasteiger partial charge in [0.2, 0.25) is 0 Å². The summed E-state index contributed by atoms with van der Waals surface area (Å²) in [5.74, 6) is -2.48. The lowest BCUT2D eigenvalue weighted by molar-refractivity contribution is -0.154. The molecule has 0 saturated carbocycles. The van der Waals surface area contributed by atoms with Gasteiger partial charge < -0.3 is 9.47 Å². The zero-order valence-corrected chi connectivity index (χ0v) is 18.0. The second-order valence-electron chi connectivity index (χ2n) is 5.98. The van der Waals surface area contributed by atoms with Crippen LogP contribution in [0.15, 0.2) is 51.8 Å². The quantitative estimate of drug-likeness (QED) is 0.383. The standard InChI is InChI=1S/C17H13BrF6N2O5S/c18-10-1-4-12(5-2-10)32(28,29)26-25-15(27)13-7-11(30-8-16(19,20)21)3-6-14(13)31-9-17(22,23)24/h1-7,26H,8-9H2,(H,25,27). The van der Waals surface area contributed by atoms with Crippen LogP contribution in [0.25, 0.3) is 0 Å². The molecule has 0 fully saturated rings. The monoisotopic (exact) mass is 550 g/mol. The molecule has 2 N–H and O–H groups in total. The molecule has 0 aliphatic rings. The smallest absolute Gasteiger partial charge is 0.422 e. The molecule has 0 radical (unpaired) electrons. The fraction of sp³-hybridized carbons (Fsp3) is 0.235. The van der Waals surface area contributed by atoms with Gasteiger partial charge in [0.15, 0.2) is 13.2 Å². The summed E-state index contributed by atoms with van der Waals surface area (Å²) < 4.78 is 108. The molecule has 0 spiro atoms. The van der Waals surface area contributed by atoms with Crippen LogP contribution in [0.4, 0.5) is 26.3 Å². The molecule has 176 valence electrons. The van der Waals surface area contributed by atoms with E-state index in [1.807, 2.05) is 0 Å². The highest BCUT2D eigenvalue weighted by Crippen LogP contribution is 2.28. The van der Waals surface area contributed by atoms with Crippen molar-refractivity contribution in [2.45, 2.75) is 17.2 Å². The second kappa shape index (κ2) is 9.95. The lowest BCUT2D eigenvalue weighted by Gasteiger charge is -2.16. The minimum Gasteiger partial charge on any atom is -0.484 e.